The van der Waals surface area contributed by atoms with Crippen molar-refractivity contribution in [3.05, 3.63) is 23.8 Å². The van der Waals surface area contributed by atoms with Crippen molar-refractivity contribution in [2.45, 2.75) is 6.92 Å². The molecule has 98 valence electrons. The molecule has 0 unspecified atom stereocenters. The summed E-state index contributed by atoms with van der Waals surface area (Å²) >= 11 is 4.98. The van der Waals surface area contributed by atoms with Gasteiger partial charge in [-0.1, -0.05) is 0 Å². The average Bonchev–Trinajstić information content (AvgIpc) is 2.38. The topological polar surface area (TPSA) is 54.9 Å². The number of hydrazone groups is 1. The van der Waals surface area contributed by atoms with Crippen LogP contribution < -0.4 is 20.2 Å². The fourth-order valence-corrected chi connectivity index (χ4v) is 1.47. The number of benzene rings is 1. The summed E-state index contributed by atoms with van der Waals surface area (Å²) in [5, 5.41) is 7.44. The van der Waals surface area contributed by atoms with Crippen molar-refractivity contribution in [1.82, 2.24) is 10.7 Å². The lowest BCUT2D eigenvalue weighted by Gasteiger charge is -2.06. The lowest BCUT2D eigenvalue weighted by Crippen LogP contribution is -2.31. The van der Waals surface area contributed by atoms with Gasteiger partial charge in [-0.25, -0.2) is 0 Å². The fraction of sp³-hybridized carbons (Fsp3) is 0.333. The monoisotopic (exact) mass is 267 g/mol. The first-order valence-electron chi connectivity index (χ1n) is 5.49. The van der Waals surface area contributed by atoms with Gasteiger partial charge in [-0.15, -0.1) is 0 Å². The normalized spacial score (nSPS) is 10.2. The molecule has 0 spiro atoms. The quantitative estimate of drug-likeness (QED) is 0.481. The first kappa shape index (κ1) is 14.2. The smallest absolute Gasteiger partial charge is 0.186 e. The van der Waals surface area contributed by atoms with Gasteiger partial charge < -0.3 is 14.8 Å². The van der Waals surface area contributed by atoms with Gasteiger partial charge in [0.2, 0.25) is 0 Å². The maximum absolute atomic E-state index is 5.16. The van der Waals surface area contributed by atoms with Gasteiger partial charge in [0.15, 0.2) is 5.11 Å². The molecular weight excluding hydrogens is 250 g/mol. The van der Waals surface area contributed by atoms with Crippen LogP contribution in [0.25, 0.3) is 0 Å². The first-order chi connectivity index (χ1) is 8.69. The standard InChI is InChI=1S/C12H17N3O2S/c1-4-13-12(18)15-14-8-9-5-10(16-2)7-11(6-9)17-3/h5-8H,4H2,1-3H3,(H2,13,15,18). The number of hydrogen-bond donors (Lipinski definition) is 2. The Morgan fingerprint density at radius 3 is 2.39 bits per heavy atom. The Morgan fingerprint density at radius 2 is 1.89 bits per heavy atom. The largest absolute Gasteiger partial charge is 0.497 e. The van der Waals surface area contributed by atoms with Crippen molar-refractivity contribution < 1.29 is 9.47 Å². The van der Waals surface area contributed by atoms with Crippen LogP contribution in [-0.2, 0) is 0 Å². The third-order valence-corrected chi connectivity index (χ3v) is 2.33. The third-order valence-electron chi connectivity index (χ3n) is 2.09. The second-order valence-electron chi connectivity index (χ2n) is 3.38. The maximum Gasteiger partial charge on any atom is 0.186 e. The van der Waals surface area contributed by atoms with Crippen molar-refractivity contribution >= 4 is 23.5 Å². The van der Waals surface area contributed by atoms with Gasteiger partial charge in [-0.3, -0.25) is 5.43 Å². The highest BCUT2D eigenvalue weighted by Crippen LogP contribution is 2.21. The zero-order valence-corrected chi connectivity index (χ0v) is 11.5. The summed E-state index contributed by atoms with van der Waals surface area (Å²) < 4.78 is 10.3. The van der Waals surface area contributed by atoms with Crippen LogP contribution in [0.1, 0.15) is 12.5 Å². The van der Waals surface area contributed by atoms with Gasteiger partial charge >= 0.3 is 0 Å². The number of nitrogens with one attached hydrogen (secondary N) is 2. The molecule has 2 N–H and O–H groups in total. The van der Waals surface area contributed by atoms with E-state index in [0.29, 0.717) is 16.6 Å². The second kappa shape index (κ2) is 7.50. The van der Waals surface area contributed by atoms with Crippen molar-refractivity contribution in [3.8, 4) is 11.5 Å². The minimum Gasteiger partial charge on any atom is -0.497 e. The molecule has 0 aliphatic carbocycles. The lowest BCUT2D eigenvalue weighted by atomic mass is 10.2. The lowest BCUT2D eigenvalue weighted by molar-refractivity contribution is 0.394. The molecule has 0 atom stereocenters. The Kier molecular flexibility index (Phi) is 5.93. The molecule has 6 heteroatoms. The zero-order chi connectivity index (χ0) is 13.4. The Hall–Kier alpha value is -1.82. The molecule has 0 radical (unpaired) electrons. The van der Waals surface area contributed by atoms with Crippen LogP contribution in [0.15, 0.2) is 23.3 Å². The Bertz CT molecular complexity index is 413. The molecule has 0 aliphatic rings. The van der Waals surface area contributed by atoms with Gasteiger partial charge in [0.25, 0.3) is 0 Å². The van der Waals surface area contributed by atoms with E-state index >= 15 is 0 Å². The molecule has 0 bridgehead atoms. The predicted octanol–water partition coefficient (Wildman–Crippen LogP) is 1.52. The molecule has 18 heavy (non-hydrogen) atoms. The molecule has 5 nitrogen and oxygen atoms in total. The minimum atomic E-state index is 0.489. The Balaban J connectivity index is 2.71. The number of hydrogen-bond acceptors (Lipinski definition) is 4. The Labute approximate surface area is 112 Å². The van der Waals surface area contributed by atoms with Crippen molar-refractivity contribution in [2.75, 3.05) is 20.8 Å². The summed E-state index contributed by atoms with van der Waals surface area (Å²) in [4.78, 5) is 0. The fourth-order valence-electron chi connectivity index (χ4n) is 1.27. The van der Waals surface area contributed by atoms with Gasteiger partial charge in [0.1, 0.15) is 11.5 Å². The minimum absolute atomic E-state index is 0.489. The molecule has 1 aromatic carbocycles. The van der Waals surface area contributed by atoms with E-state index < -0.39 is 0 Å². The van der Waals surface area contributed by atoms with Crippen LogP contribution in [0, 0.1) is 0 Å². The van der Waals surface area contributed by atoms with Crippen molar-refractivity contribution in [1.29, 1.82) is 0 Å². The summed E-state index contributed by atoms with van der Waals surface area (Å²) in [5.41, 5.74) is 3.57. The molecule has 1 rings (SSSR count). The Morgan fingerprint density at radius 1 is 1.28 bits per heavy atom. The molecule has 0 saturated carbocycles. The molecule has 0 saturated heterocycles. The number of rotatable bonds is 5. The van der Waals surface area contributed by atoms with Gasteiger partial charge in [-0.2, -0.15) is 5.10 Å². The first-order valence-corrected chi connectivity index (χ1v) is 5.90. The van der Waals surface area contributed by atoms with Crippen LogP contribution in [0.3, 0.4) is 0 Å². The van der Waals surface area contributed by atoms with E-state index in [0.717, 1.165) is 12.1 Å². The molecule has 0 aromatic heterocycles. The third kappa shape index (κ3) is 4.58. The van der Waals surface area contributed by atoms with Gasteiger partial charge in [0, 0.05) is 18.2 Å². The van der Waals surface area contributed by atoms with Crippen LogP contribution in [0.5, 0.6) is 11.5 Å². The molecule has 1 aromatic rings. The van der Waals surface area contributed by atoms with E-state index in [9.17, 15) is 0 Å². The van der Waals surface area contributed by atoms with Crippen LogP contribution >= 0.6 is 12.2 Å². The number of nitrogens with zero attached hydrogens (tertiary/aromatic N) is 1. The van der Waals surface area contributed by atoms with Gasteiger partial charge in [0.05, 0.1) is 20.4 Å². The number of methoxy groups -OCH3 is 2. The maximum atomic E-state index is 5.16. The van der Waals surface area contributed by atoms with E-state index in [2.05, 4.69) is 15.8 Å². The summed E-state index contributed by atoms with van der Waals surface area (Å²) in [6, 6.07) is 5.50. The molecule has 0 heterocycles. The highest BCUT2D eigenvalue weighted by Gasteiger charge is 1.99. The van der Waals surface area contributed by atoms with E-state index in [1.54, 1.807) is 26.5 Å². The summed E-state index contributed by atoms with van der Waals surface area (Å²) in [6.07, 6.45) is 1.65. The van der Waals surface area contributed by atoms with Crippen LogP contribution in [-0.4, -0.2) is 32.1 Å². The molecule has 0 aliphatic heterocycles. The van der Waals surface area contributed by atoms with Crippen molar-refractivity contribution in [2.24, 2.45) is 5.10 Å². The number of thiocarbonyl (C=S) groups is 1. The van der Waals surface area contributed by atoms with E-state index in [-0.39, 0.29) is 0 Å². The molecular formula is C12H17N3O2S. The van der Waals surface area contributed by atoms with Crippen molar-refractivity contribution in [3.63, 3.8) is 0 Å². The highest BCUT2D eigenvalue weighted by molar-refractivity contribution is 7.80. The second-order valence-corrected chi connectivity index (χ2v) is 3.78. The number of ether oxygens (including phenoxy) is 2. The van der Waals surface area contributed by atoms with Crippen LogP contribution in [0.4, 0.5) is 0 Å². The predicted molar refractivity (Wildman–Crippen MR) is 76.6 cm³/mol. The molecule has 0 amide bonds. The van der Waals surface area contributed by atoms with E-state index in [1.165, 1.54) is 0 Å². The van der Waals surface area contributed by atoms with E-state index in [4.69, 9.17) is 21.7 Å². The average molecular weight is 267 g/mol. The zero-order valence-electron chi connectivity index (χ0n) is 10.7. The molecule has 0 fully saturated rings. The van der Waals surface area contributed by atoms with E-state index in [1.807, 2.05) is 19.1 Å². The van der Waals surface area contributed by atoms with Crippen LogP contribution in [0.2, 0.25) is 0 Å². The summed E-state index contributed by atoms with van der Waals surface area (Å²) in [6.45, 7) is 2.72. The SMILES string of the molecule is CCNC(=S)NN=Cc1cc(OC)cc(OC)c1. The highest BCUT2D eigenvalue weighted by atomic mass is 32.1. The summed E-state index contributed by atoms with van der Waals surface area (Å²) in [7, 11) is 3.21. The summed E-state index contributed by atoms with van der Waals surface area (Å²) in [5.74, 6) is 1.43. The van der Waals surface area contributed by atoms with Gasteiger partial charge in [-0.05, 0) is 31.3 Å².